The van der Waals surface area contributed by atoms with Crippen molar-refractivity contribution in [2.45, 2.75) is 88.8 Å². The average molecular weight is 634 g/mol. The van der Waals surface area contributed by atoms with Crippen molar-refractivity contribution in [1.82, 2.24) is 24.5 Å². The van der Waals surface area contributed by atoms with E-state index in [1.54, 1.807) is 0 Å². The van der Waals surface area contributed by atoms with Crippen LogP contribution in [0.15, 0.2) is 24.5 Å². The zero-order valence-corrected chi connectivity index (χ0v) is 25.6. The van der Waals surface area contributed by atoms with E-state index in [9.17, 15) is 8.78 Å². The van der Waals surface area contributed by atoms with Gasteiger partial charge in [-0.2, -0.15) is 9.97 Å². The number of piperidine rings is 1. The molecule has 0 atom stereocenters. The van der Waals surface area contributed by atoms with Crippen LogP contribution in [-0.4, -0.2) is 49.7 Å². The van der Waals surface area contributed by atoms with Crippen LogP contribution in [0, 0.1) is 17.6 Å². The van der Waals surface area contributed by atoms with Crippen LogP contribution in [0.1, 0.15) is 75.8 Å². The van der Waals surface area contributed by atoms with E-state index in [1.807, 2.05) is 6.33 Å². The number of rotatable bonds is 7. The highest BCUT2D eigenvalue weighted by Gasteiger charge is 2.26. The van der Waals surface area contributed by atoms with E-state index < -0.39 is 0 Å². The van der Waals surface area contributed by atoms with Gasteiger partial charge in [-0.1, -0.05) is 12.8 Å². The van der Waals surface area contributed by atoms with Crippen molar-refractivity contribution in [2.75, 3.05) is 23.8 Å². The molecular formula is C28H41Cl3F2N8. The van der Waals surface area contributed by atoms with E-state index in [0.29, 0.717) is 35.9 Å². The number of hydrogen-bond acceptors (Lipinski definition) is 7. The van der Waals surface area contributed by atoms with Crippen LogP contribution in [0.3, 0.4) is 0 Å². The van der Waals surface area contributed by atoms with Gasteiger partial charge in [0.05, 0.1) is 6.33 Å². The Hall–Kier alpha value is -1.98. The van der Waals surface area contributed by atoms with Crippen LogP contribution in [0.5, 0.6) is 0 Å². The molecule has 6 rings (SSSR count). The summed E-state index contributed by atoms with van der Waals surface area (Å²) in [5.74, 6) is 0.957. The van der Waals surface area contributed by atoms with Crippen molar-refractivity contribution in [1.29, 1.82) is 0 Å². The Balaban J connectivity index is 0.00000154. The van der Waals surface area contributed by atoms with Gasteiger partial charge in [-0.3, -0.25) is 0 Å². The molecule has 4 N–H and O–H groups in total. The summed E-state index contributed by atoms with van der Waals surface area (Å²) in [5, 5.41) is 5.74. The van der Waals surface area contributed by atoms with Crippen LogP contribution >= 0.6 is 37.2 Å². The van der Waals surface area contributed by atoms with Gasteiger partial charge in [0, 0.05) is 31.2 Å². The molecule has 3 fully saturated rings. The zero-order chi connectivity index (χ0) is 26.1. The SMILES string of the molecule is Cl.Cl.Cl.N[C@H]1CC[C@H](Nc2nc(NN3CCC(Cc4cc(F)ccc4F)CC3)c3ncn(C4CCCC4)c3n2)CC1. The molecular weight excluding hydrogens is 593 g/mol. The molecule has 3 aliphatic rings. The smallest absolute Gasteiger partial charge is 0.227 e. The summed E-state index contributed by atoms with van der Waals surface area (Å²) < 4.78 is 30.0. The number of halogens is 5. The molecule has 0 spiro atoms. The molecule has 228 valence electrons. The zero-order valence-electron chi connectivity index (χ0n) is 23.1. The Kier molecular flexibility index (Phi) is 12.2. The summed E-state index contributed by atoms with van der Waals surface area (Å²) in [4.78, 5) is 14.6. The van der Waals surface area contributed by atoms with Gasteiger partial charge < -0.3 is 21.0 Å². The van der Waals surface area contributed by atoms with Gasteiger partial charge in [-0.25, -0.2) is 18.8 Å². The van der Waals surface area contributed by atoms with Gasteiger partial charge in [0.25, 0.3) is 0 Å². The third-order valence-electron chi connectivity index (χ3n) is 8.64. The number of nitrogens with one attached hydrogen (secondary N) is 2. The van der Waals surface area contributed by atoms with Crippen molar-refractivity contribution >= 4 is 60.2 Å². The monoisotopic (exact) mass is 632 g/mol. The minimum atomic E-state index is -0.384. The Labute approximate surface area is 258 Å². The van der Waals surface area contributed by atoms with E-state index in [4.69, 9.17) is 20.7 Å². The first kappa shape index (κ1) is 33.5. The maximum atomic E-state index is 14.2. The topological polar surface area (TPSA) is 96.9 Å². The lowest BCUT2D eigenvalue weighted by Gasteiger charge is -2.32. The quantitative estimate of drug-likeness (QED) is 0.275. The van der Waals surface area contributed by atoms with Gasteiger partial charge in [-0.05, 0) is 87.5 Å². The number of imidazole rings is 1. The predicted octanol–water partition coefficient (Wildman–Crippen LogP) is 6.45. The standard InChI is InChI=1S/C28H38F2N8.3ClH/c29-20-5-10-24(30)19(16-20)15-18-11-13-37(14-12-18)36-26-25-27(38(17-32-25)23-3-1-2-4-23)35-28(34-26)33-22-8-6-21(31)7-9-22;;;/h5,10,16-18,21-23H,1-4,6-9,11-15,31H2,(H2,33,34,35,36);3*1H/t21-,22-;;;. The molecule has 41 heavy (non-hydrogen) atoms. The fraction of sp³-hybridized carbons (Fsp3) is 0.607. The number of hydrazine groups is 1. The first-order valence-electron chi connectivity index (χ1n) is 14.2. The highest BCUT2D eigenvalue weighted by atomic mass is 35.5. The Morgan fingerprint density at radius 1 is 0.902 bits per heavy atom. The Morgan fingerprint density at radius 3 is 2.32 bits per heavy atom. The van der Waals surface area contributed by atoms with Gasteiger partial charge in [0.2, 0.25) is 5.95 Å². The molecule has 13 heteroatoms. The fourth-order valence-corrected chi connectivity index (χ4v) is 6.36. The summed E-state index contributed by atoms with van der Waals surface area (Å²) in [6.07, 6.45) is 13.1. The largest absolute Gasteiger partial charge is 0.351 e. The van der Waals surface area contributed by atoms with Crippen LogP contribution in [-0.2, 0) is 6.42 Å². The van der Waals surface area contributed by atoms with E-state index in [0.717, 1.165) is 81.4 Å². The van der Waals surface area contributed by atoms with E-state index in [1.165, 1.54) is 31.0 Å². The molecule has 1 saturated heterocycles. The maximum absolute atomic E-state index is 14.2. The molecule has 0 unspecified atom stereocenters. The van der Waals surface area contributed by atoms with E-state index in [2.05, 4.69) is 20.3 Å². The normalized spacial score (nSPS) is 22.0. The third-order valence-corrected chi connectivity index (χ3v) is 8.64. The summed E-state index contributed by atoms with van der Waals surface area (Å²) in [5.41, 5.74) is 11.8. The van der Waals surface area contributed by atoms with E-state index >= 15 is 0 Å². The average Bonchev–Trinajstić information content (AvgIpc) is 3.59. The number of fused-ring (bicyclic) bond motifs is 1. The number of nitrogens with two attached hydrogens (primary N) is 1. The number of hydrogen-bond donors (Lipinski definition) is 3. The van der Waals surface area contributed by atoms with Crippen molar-refractivity contribution in [3.63, 3.8) is 0 Å². The summed E-state index contributed by atoms with van der Waals surface area (Å²) >= 11 is 0. The molecule has 0 amide bonds. The van der Waals surface area contributed by atoms with Gasteiger partial charge in [-0.15, -0.1) is 37.2 Å². The van der Waals surface area contributed by atoms with Crippen molar-refractivity contribution in [3.8, 4) is 0 Å². The minimum absolute atomic E-state index is 0. The maximum Gasteiger partial charge on any atom is 0.227 e. The molecule has 3 aromatic rings. The van der Waals surface area contributed by atoms with Crippen LogP contribution < -0.4 is 16.5 Å². The number of anilines is 2. The Morgan fingerprint density at radius 2 is 1.61 bits per heavy atom. The lowest BCUT2D eigenvalue weighted by molar-refractivity contribution is 0.215. The number of aromatic nitrogens is 4. The summed E-state index contributed by atoms with van der Waals surface area (Å²) in [6.45, 7) is 1.58. The molecule has 0 radical (unpaired) electrons. The van der Waals surface area contributed by atoms with Crippen LogP contribution in [0.2, 0.25) is 0 Å². The summed E-state index contributed by atoms with van der Waals surface area (Å²) in [7, 11) is 0. The molecule has 8 nitrogen and oxygen atoms in total. The molecule has 2 aromatic heterocycles. The third kappa shape index (κ3) is 7.90. The fourth-order valence-electron chi connectivity index (χ4n) is 6.36. The first-order chi connectivity index (χ1) is 18.5. The minimum Gasteiger partial charge on any atom is -0.351 e. The molecule has 2 saturated carbocycles. The van der Waals surface area contributed by atoms with Crippen molar-refractivity contribution < 1.29 is 8.78 Å². The van der Waals surface area contributed by atoms with Gasteiger partial charge >= 0.3 is 0 Å². The highest BCUT2D eigenvalue weighted by Crippen LogP contribution is 2.34. The predicted molar refractivity (Wildman–Crippen MR) is 166 cm³/mol. The van der Waals surface area contributed by atoms with Gasteiger partial charge in [0.15, 0.2) is 17.0 Å². The first-order valence-corrected chi connectivity index (χ1v) is 14.2. The second kappa shape index (κ2) is 15.0. The molecule has 0 bridgehead atoms. The molecule has 2 aliphatic carbocycles. The number of benzene rings is 1. The van der Waals surface area contributed by atoms with Crippen LogP contribution in [0.25, 0.3) is 11.2 Å². The molecule has 3 heterocycles. The Bertz CT molecular complexity index is 1260. The lowest BCUT2D eigenvalue weighted by atomic mass is 9.90. The van der Waals surface area contributed by atoms with Gasteiger partial charge in [0.1, 0.15) is 11.6 Å². The summed E-state index contributed by atoms with van der Waals surface area (Å²) in [6, 6.07) is 4.77. The van der Waals surface area contributed by atoms with E-state index in [-0.39, 0.29) is 54.9 Å². The second-order valence-electron chi connectivity index (χ2n) is 11.4. The number of nitrogens with zero attached hydrogens (tertiary/aromatic N) is 5. The second-order valence-corrected chi connectivity index (χ2v) is 11.4. The highest BCUT2D eigenvalue weighted by molar-refractivity contribution is 5.86. The molecule has 1 aliphatic heterocycles. The lowest BCUT2D eigenvalue weighted by Crippen LogP contribution is -2.39. The van der Waals surface area contributed by atoms with Crippen molar-refractivity contribution in [3.05, 3.63) is 41.7 Å². The molecule has 1 aromatic carbocycles. The van der Waals surface area contributed by atoms with Crippen LogP contribution in [0.4, 0.5) is 20.5 Å². The van der Waals surface area contributed by atoms with Crippen molar-refractivity contribution in [2.24, 2.45) is 11.7 Å².